The van der Waals surface area contributed by atoms with Crippen molar-refractivity contribution in [3.63, 3.8) is 0 Å². The van der Waals surface area contributed by atoms with Crippen molar-refractivity contribution in [2.24, 2.45) is 0 Å². The summed E-state index contributed by atoms with van der Waals surface area (Å²) < 4.78 is 25.8. The molecule has 1 heterocycles. The molecule has 0 saturated carbocycles. The number of nitrogens with one attached hydrogen (secondary N) is 1. The van der Waals surface area contributed by atoms with Gasteiger partial charge < -0.3 is 5.32 Å². The van der Waals surface area contributed by atoms with Crippen LogP contribution in [-0.2, 0) is 13.3 Å². The molecule has 1 aliphatic heterocycles. The molecule has 2 atom stereocenters. The molecule has 0 spiro atoms. The molecule has 1 N–H and O–H groups in total. The molecule has 1 amide bonds. The second kappa shape index (κ2) is 7.88. The molecule has 1 saturated heterocycles. The molecule has 1 aliphatic carbocycles. The lowest BCUT2D eigenvalue weighted by Gasteiger charge is -2.36. The van der Waals surface area contributed by atoms with E-state index in [9.17, 15) is 13.6 Å². The van der Waals surface area contributed by atoms with Gasteiger partial charge in [-0.25, -0.2) is 8.78 Å². The fourth-order valence-electron chi connectivity index (χ4n) is 3.71. The number of alkyl halides is 2. The third-order valence-corrected chi connectivity index (χ3v) is 5.08. The van der Waals surface area contributed by atoms with Gasteiger partial charge in [-0.1, -0.05) is 18.2 Å². The molecule has 130 valence electrons. The first-order valence-electron chi connectivity index (χ1n) is 8.66. The van der Waals surface area contributed by atoms with Crippen LogP contribution in [0.3, 0.4) is 0 Å². The van der Waals surface area contributed by atoms with E-state index in [1.807, 2.05) is 0 Å². The molecule has 1 aromatic rings. The van der Waals surface area contributed by atoms with E-state index in [4.69, 9.17) is 0 Å². The van der Waals surface area contributed by atoms with Crippen LogP contribution in [0.1, 0.15) is 47.2 Å². The van der Waals surface area contributed by atoms with Crippen LogP contribution in [-0.4, -0.2) is 36.0 Å². The maximum Gasteiger partial charge on any atom is 0.251 e. The van der Waals surface area contributed by atoms with Crippen LogP contribution < -0.4 is 5.32 Å². The molecule has 0 aromatic heterocycles. The number of carbonyl (C=O) groups is 1. The van der Waals surface area contributed by atoms with Crippen LogP contribution >= 0.6 is 0 Å². The van der Waals surface area contributed by atoms with Crippen molar-refractivity contribution >= 4 is 5.91 Å². The highest BCUT2D eigenvalue weighted by Gasteiger charge is 2.31. The van der Waals surface area contributed by atoms with E-state index in [2.05, 4.69) is 22.4 Å². The Bertz CT molecular complexity index is 611. The summed E-state index contributed by atoms with van der Waals surface area (Å²) in [5, 5.41) is 3.10. The summed E-state index contributed by atoms with van der Waals surface area (Å²) in [5.41, 5.74) is 0.962. The normalized spacial score (nSPS) is 24.2. The van der Waals surface area contributed by atoms with Gasteiger partial charge in [0.2, 0.25) is 0 Å². The van der Waals surface area contributed by atoms with Gasteiger partial charge in [0, 0.05) is 17.6 Å². The van der Waals surface area contributed by atoms with Gasteiger partial charge in [-0.15, -0.1) is 0 Å². The second-order valence-electron chi connectivity index (χ2n) is 6.58. The van der Waals surface area contributed by atoms with E-state index in [1.54, 1.807) is 6.07 Å². The third kappa shape index (κ3) is 3.66. The van der Waals surface area contributed by atoms with Gasteiger partial charge >= 0.3 is 0 Å². The fraction of sp³-hybridized carbons (Fsp3) is 0.526. The maximum atomic E-state index is 13.0. The Morgan fingerprint density at radius 1 is 1.08 bits per heavy atom. The van der Waals surface area contributed by atoms with Crippen molar-refractivity contribution in [2.75, 3.05) is 13.1 Å². The van der Waals surface area contributed by atoms with Crippen molar-refractivity contribution < 1.29 is 13.6 Å². The summed E-state index contributed by atoms with van der Waals surface area (Å²) in [4.78, 5) is 15.0. The second-order valence-corrected chi connectivity index (χ2v) is 6.58. The van der Waals surface area contributed by atoms with E-state index < -0.39 is 13.3 Å². The van der Waals surface area contributed by atoms with Crippen LogP contribution in [0.5, 0.6) is 0 Å². The molecule has 2 unspecified atom stereocenters. The van der Waals surface area contributed by atoms with E-state index in [1.165, 1.54) is 25.0 Å². The quantitative estimate of drug-likeness (QED) is 0.836. The van der Waals surface area contributed by atoms with Crippen molar-refractivity contribution in [1.82, 2.24) is 10.2 Å². The van der Waals surface area contributed by atoms with Gasteiger partial charge in [-0.2, -0.15) is 0 Å². The molecule has 0 radical (unpaired) electrons. The Morgan fingerprint density at radius 3 is 2.50 bits per heavy atom. The minimum Gasteiger partial charge on any atom is -0.347 e. The van der Waals surface area contributed by atoms with Gasteiger partial charge in [0.15, 0.2) is 0 Å². The Labute approximate surface area is 141 Å². The molecule has 0 bridgehead atoms. The number of amides is 1. The first-order valence-corrected chi connectivity index (χ1v) is 8.66. The molecule has 5 heteroatoms. The molecule has 2 aliphatic rings. The Balaban J connectivity index is 1.72. The zero-order valence-corrected chi connectivity index (χ0v) is 13.8. The minimum absolute atomic E-state index is 0.0651. The minimum atomic E-state index is -0.761. The number of nitrogens with zero attached hydrogens (tertiary/aromatic N) is 1. The maximum absolute atomic E-state index is 13.0. The SMILES string of the molecule is O=C(NC1CC=CCC1N1CCCC1)c1ccc(CF)c(CF)c1. The molecule has 24 heavy (non-hydrogen) atoms. The monoisotopic (exact) mass is 334 g/mol. The van der Waals surface area contributed by atoms with Gasteiger partial charge in [0.05, 0.1) is 0 Å². The Morgan fingerprint density at radius 2 is 1.79 bits per heavy atom. The lowest BCUT2D eigenvalue weighted by atomic mass is 9.94. The van der Waals surface area contributed by atoms with Crippen LogP contribution in [0.15, 0.2) is 30.4 Å². The molecule has 1 fully saturated rings. The van der Waals surface area contributed by atoms with Gasteiger partial charge in [-0.05, 0) is 62.0 Å². The van der Waals surface area contributed by atoms with Crippen LogP contribution in [0.4, 0.5) is 8.78 Å². The topological polar surface area (TPSA) is 32.3 Å². The number of benzene rings is 1. The van der Waals surface area contributed by atoms with Crippen LogP contribution in [0.2, 0.25) is 0 Å². The number of rotatable bonds is 5. The summed E-state index contributed by atoms with van der Waals surface area (Å²) in [7, 11) is 0. The zero-order chi connectivity index (χ0) is 16.9. The number of halogens is 2. The van der Waals surface area contributed by atoms with E-state index >= 15 is 0 Å². The predicted molar refractivity (Wildman–Crippen MR) is 90.3 cm³/mol. The average molecular weight is 334 g/mol. The van der Waals surface area contributed by atoms with E-state index in [0.717, 1.165) is 25.9 Å². The van der Waals surface area contributed by atoms with Crippen LogP contribution in [0.25, 0.3) is 0 Å². The van der Waals surface area contributed by atoms with Gasteiger partial charge in [0.25, 0.3) is 5.91 Å². The average Bonchev–Trinajstić information content (AvgIpc) is 3.16. The summed E-state index contributed by atoms with van der Waals surface area (Å²) >= 11 is 0. The van der Waals surface area contributed by atoms with Crippen LogP contribution in [0, 0.1) is 0 Å². The molecular weight excluding hydrogens is 310 g/mol. The highest BCUT2D eigenvalue weighted by atomic mass is 19.1. The molecule has 3 nitrogen and oxygen atoms in total. The summed E-state index contributed by atoms with van der Waals surface area (Å²) in [6, 6.07) is 4.94. The van der Waals surface area contributed by atoms with Crippen molar-refractivity contribution in [3.05, 3.63) is 47.0 Å². The third-order valence-electron chi connectivity index (χ3n) is 5.08. The van der Waals surface area contributed by atoms with Crippen molar-refractivity contribution in [1.29, 1.82) is 0 Å². The Hall–Kier alpha value is -1.75. The van der Waals surface area contributed by atoms with E-state index in [-0.39, 0.29) is 17.5 Å². The summed E-state index contributed by atoms with van der Waals surface area (Å²) in [6.45, 7) is 0.693. The molecule has 3 rings (SSSR count). The molecular formula is C19H24F2N2O. The highest BCUT2D eigenvalue weighted by Crippen LogP contribution is 2.23. The van der Waals surface area contributed by atoms with Gasteiger partial charge in [0.1, 0.15) is 13.3 Å². The summed E-state index contributed by atoms with van der Waals surface area (Å²) in [6.07, 6.45) is 8.48. The van der Waals surface area contributed by atoms with Gasteiger partial charge in [-0.3, -0.25) is 9.69 Å². The summed E-state index contributed by atoms with van der Waals surface area (Å²) in [5.74, 6) is -0.209. The lowest BCUT2D eigenvalue weighted by Crippen LogP contribution is -2.51. The Kier molecular flexibility index (Phi) is 5.61. The first-order chi connectivity index (χ1) is 11.7. The number of hydrogen-bond donors (Lipinski definition) is 1. The number of hydrogen-bond acceptors (Lipinski definition) is 2. The first kappa shape index (κ1) is 17.1. The smallest absolute Gasteiger partial charge is 0.251 e. The predicted octanol–water partition coefficient (Wildman–Crippen LogP) is 3.54. The van der Waals surface area contributed by atoms with E-state index in [0.29, 0.717) is 17.2 Å². The number of likely N-dealkylation sites (tertiary alicyclic amines) is 1. The standard InChI is InChI=1S/C19H24F2N2O/c20-12-15-8-7-14(11-16(15)13-21)19(24)22-17-5-1-2-6-18(17)23-9-3-4-10-23/h1-2,7-8,11,17-18H,3-6,9-10,12-13H2,(H,22,24). The molecule has 1 aromatic carbocycles. The van der Waals surface area contributed by atoms with Crippen molar-refractivity contribution in [3.8, 4) is 0 Å². The highest BCUT2D eigenvalue weighted by molar-refractivity contribution is 5.94. The zero-order valence-electron chi connectivity index (χ0n) is 13.8. The largest absolute Gasteiger partial charge is 0.347 e. The lowest BCUT2D eigenvalue weighted by molar-refractivity contribution is 0.0896. The fourth-order valence-corrected chi connectivity index (χ4v) is 3.71. The van der Waals surface area contributed by atoms with Crippen molar-refractivity contribution in [2.45, 2.75) is 51.1 Å². The number of carbonyl (C=O) groups excluding carboxylic acids is 1.